The van der Waals surface area contributed by atoms with Gasteiger partial charge in [-0.3, -0.25) is 4.68 Å². The van der Waals surface area contributed by atoms with Gasteiger partial charge in [-0.15, -0.1) is 11.6 Å². The highest BCUT2D eigenvalue weighted by molar-refractivity contribution is 6.17. The predicted octanol–water partition coefficient (Wildman–Crippen LogP) is 3.29. The van der Waals surface area contributed by atoms with E-state index in [0.717, 1.165) is 12.1 Å². The molecule has 0 radical (unpaired) electrons. The van der Waals surface area contributed by atoms with E-state index < -0.39 is 0 Å². The number of nitrogens with zero attached hydrogens (tertiary/aromatic N) is 2. The lowest BCUT2D eigenvalue weighted by Crippen LogP contribution is -2.03. The molecule has 16 heavy (non-hydrogen) atoms. The number of hydrogen-bond donors (Lipinski definition) is 0. The van der Waals surface area contributed by atoms with Crippen molar-refractivity contribution >= 4 is 11.6 Å². The Morgan fingerprint density at radius 3 is 2.50 bits per heavy atom. The zero-order valence-electron chi connectivity index (χ0n) is 9.57. The fourth-order valence-electron chi connectivity index (χ4n) is 1.82. The summed E-state index contributed by atoms with van der Waals surface area (Å²) in [5.74, 6) is 0.521. The summed E-state index contributed by atoms with van der Waals surface area (Å²) in [6, 6.07) is 6.35. The largest absolute Gasteiger partial charge is 0.268 e. The Kier molecular flexibility index (Phi) is 3.30. The summed E-state index contributed by atoms with van der Waals surface area (Å²) in [5, 5.41) is 4.30. The number of halogens is 1. The summed E-state index contributed by atoms with van der Waals surface area (Å²) in [7, 11) is 0. The zero-order valence-corrected chi connectivity index (χ0v) is 10.3. The number of aryl methyl sites for hydroxylation is 2. The van der Waals surface area contributed by atoms with E-state index in [1.807, 2.05) is 17.1 Å². The molecular formula is C13H15ClN2. The van der Waals surface area contributed by atoms with Gasteiger partial charge in [-0.05, 0) is 30.5 Å². The summed E-state index contributed by atoms with van der Waals surface area (Å²) >= 11 is 5.75. The van der Waals surface area contributed by atoms with Gasteiger partial charge in [-0.25, -0.2) is 0 Å². The molecule has 1 aromatic heterocycles. The van der Waals surface area contributed by atoms with Crippen LogP contribution < -0.4 is 0 Å². The number of alkyl halides is 1. The van der Waals surface area contributed by atoms with Gasteiger partial charge in [0.2, 0.25) is 0 Å². The minimum atomic E-state index is 0.521. The standard InChI is InChI=1S/C13H15ClN2/c1-10-4-3-5-11(2)13(10)9-16-8-12(6-14)7-15-16/h3-5,7-8H,6,9H2,1-2H3. The molecule has 0 N–H and O–H groups in total. The van der Waals surface area contributed by atoms with Gasteiger partial charge >= 0.3 is 0 Å². The Balaban J connectivity index is 2.26. The van der Waals surface area contributed by atoms with Gasteiger partial charge in [-0.1, -0.05) is 18.2 Å². The molecule has 0 aliphatic heterocycles. The lowest BCUT2D eigenvalue weighted by Gasteiger charge is -2.09. The topological polar surface area (TPSA) is 17.8 Å². The van der Waals surface area contributed by atoms with Crippen LogP contribution >= 0.6 is 11.6 Å². The van der Waals surface area contributed by atoms with Crippen LogP contribution in [0, 0.1) is 13.8 Å². The molecule has 0 aliphatic carbocycles. The molecular weight excluding hydrogens is 220 g/mol. The molecule has 0 unspecified atom stereocenters. The van der Waals surface area contributed by atoms with Crippen molar-refractivity contribution in [2.45, 2.75) is 26.3 Å². The second-order valence-electron chi connectivity index (χ2n) is 4.05. The predicted molar refractivity (Wildman–Crippen MR) is 66.8 cm³/mol. The van der Waals surface area contributed by atoms with Crippen LogP contribution in [0.25, 0.3) is 0 Å². The van der Waals surface area contributed by atoms with Crippen molar-refractivity contribution in [2.24, 2.45) is 0 Å². The van der Waals surface area contributed by atoms with E-state index in [0.29, 0.717) is 5.88 Å². The second-order valence-corrected chi connectivity index (χ2v) is 4.32. The normalized spacial score (nSPS) is 10.7. The van der Waals surface area contributed by atoms with Crippen LogP contribution in [0.4, 0.5) is 0 Å². The van der Waals surface area contributed by atoms with Gasteiger partial charge in [0, 0.05) is 11.8 Å². The van der Waals surface area contributed by atoms with Gasteiger partial charge in [0.05, 0.1) is 18.6 Å². The van der Waals surface area contributed by atoms with Gasteiger partial charge in [-0.2, -0.15) is 5.10 Å². The lowest BCUT2D eigenvalue weighted by molar-refractivity contribution is 0.680. The summed E-state index contributed by atoms with van der Waals surface area (Å²) in [4.78, 5) is 0. The summed E-state index contributed by atoms with van der Waals surface area (Å²) in [6.07, 6.45) is 3.82. The van der Waals surface area contributed by atoms with E-state index in [2.05, 4.69) is 37.1 Å². The van der Waals surface area contributed by atoms with E-state index in [9.17, 15) is 0 Å². The second kappa shape index (κ2) is 4.71. The van der Waals surface area contributed by atoms with Gasteiger partial charge < -0.3 is 0 Å². The van der Waals surface area contributed by atoms with Gasteiger partial charge in [0.1, 0.15) is 0 Å². The highest BCUT2D eigenvalue weighted by Gasteiger charge is 2.04. The summed E-state index contributed by atoms with van der Waals surface area (Å²) in [5.41, 5.74) is 5.02. The smallest absolute Gasteiger partial charge is 0.0664 e. The number of aromatic nitrogens is 2. The van der Waals surface area contributed by atoms with Gasteiger partial charge in [0.15, 0.2) is 0 Å². The number of benzene rings is 1. The van der Waals surface area contributed by atoms with Gasteiger partial charge in [0.25, 0.3) is 0 Å². The van der Waals surface area contributed by atoms with Crippen LogP contribution in [-0.4, -0.2) is 9.78 Å². The average Bonchev–Trinajstić information content (AvgIpc) is 2.71. The molecule has 0 spiro atoms. The third-order valence-electron chi connectivity index (χ3n) is 2.81. The Morgan fingerprint density at radius 2 is 1.94 bits per heavy atom. The summed E-state index contributed by atoms with van der Waals surface area (Å²) in [6.45, 7) is 5.08. The van der Waals surface area contributed by atoms with Crippen molar-refractivity contribution < 1.29 is 0 Å². The number of rotatable bonds is 3. The Morgan fingerprint density at radius 1 is 1.25 bits per heavy atom. The molecule has 2 rings (SSSR count). The SMILES string of the molecule is Cc1cccc(C)c1Cn1cc(CCl)cn1. The molecule has 0 amide bonds. The van der Waals surface area contributed by atoms with Crippen LogP contribution in [-0.2, 0) is 12.4 Å². The highest BCUT2D eigenvalue weighted by atomic mass is 35.5. The highest BCUT2D eigenvalue weighted by Crippen LogP contribution is 2.15. The maximum absolute atomic E-state index is 5.75. The monoisotopic (exact) mass is 234 g/mol. The Labute approximate surface area is 101 Å². The van der Waals surface area contributed by atoms with Crippen LogP contribution in [0.1, 0.15) is 22.3 Å². The van der Waals surface area contributed by atoms with Crippen molar-refractivity contribution in [3.05, 3.63) is 52.8 Å². The Hall–Kier alpha value is -1.28. The minimum absolute atomic E-state index is 0.521. The van der Waals surface area contributed by atoms with Crippen molar-refractivity contribution in [2.75, 3.05) is 0 Å². The molecule has 0 saturated carbocycles. The molecule has 0 bridgehead atoms. The van der Waals surface area contributed by atoms with E-state index in [1.165, 1.54) is 16.7 Å². The van der Waals surface area contributed by atoms with Crippen LogP contribution in [0.15, 0.2) is 30.6 Å². The molecule has 3 heteroatoms. The van der Waals surface area contributed by atoms with E-state index in [4.69, 9.17) is 11.6 Å². The van der Waals surface area contributed by atoms with Crippen molar-refractivity contribution in [1.82, 2.24) is 9.78 Å². The molecule has 1 heterocycles. The first-order valence-corrected chi connectivity index (χ1v) is 5.86. The fourth-order valence-corrected chi connectivity index (χ4v) is 1.96. The zero-order chi connectivity index (χ0) is 11.5. The maximum atomic E-state index is 5.75. The van der Waals surface area contributed by atoms with E-state index >= 15 is 0 Å². The quantitative estimate of drug-likeness (QED) is 0.746. The first kappa shape index (κ1) is 11.2. The average molecular weight is 235 g/mol. The lowest BCUT2D eigenvalue weighted by atomic mass is 10.0. The molecule has 0 saturated heterocycles. The Bertz CT molecular complexity index is 468. The molecule has 0 atom stereocenters. The number of hydrogen-bond acceptors (Lipinski definition) is 1. The first-order chi connectivity index (χ1) is 7.70. The third kappa shape index (κ3) is 2.27. The maximum Gasteiger partial charge on any atom is 0.0664 e. The third-order valence-corrected chi connectivity index (χ3v) is 3.11. The van der Waals surface area contributed by atoms with Crippen molar-refractivity contribution in [3.8, 4) is 0 Å². The van der Waals surface area contributed by atoms with E-state index in [1.54, 1.807) is 0 Å². The van der Waals surface area contributed by atoms with Crippen molar-refractivity contribution in [1.29, 1.82) is 0 Å². The molecule has 0 fully saturated rings. The fraction of sp³-hybridized carbons (Fsp3) is 0.308. The molecule has 1 aromatic carbocycles. The van der Waals surface area contributed by atoms with Crippen LogP contribution in [0.3, 0.4) is 0 Å². The molecule has 2 aromatic rings. The molecule has 0 aliphatic rings. The van der Waals surface area contributed by atoms with Crippen molar-refractivity contribution in [3.63, 3.8) is 0 Å². The molecule has 84 valence electrons. The van der Waals surface area contributed by atoms with E-state index in [-0.39, 0.29) is 0 Å². The van der Waals surface area contributed by atoms with Crippen LogP contribution in [0.2, 0.25) is 0 Å². The molecule has 2 nitrogen and oxygen atoms in total. The minimum Gasteiger partial charge on any atom is -0.268 e. The van der Waals surface area contributed by atoms with Crippen LogP contribution in [0.5, 0.6) is 0 Å². The first-order valence-electron chi connectivity index (χ1n) is 5.33. The summed E-state index contributed by atoms with van der Waals surface area (Å²) < 4.78 is 1.94.